The minimum Gasteiger partial charge on any atom is -0.337 e. The van der Waals surface area contributed by atoms with Gasteiger partial charge in [-0.1, -0.05) is 42.1 Å². The Kier molecular flexibility index (Phi) is 6.16. The summed E-state index contributed by atoms with van der Waals surface area (Å²) in [7, 11) is 0. The van der Waals surface area contributed by atoms with Crippen LogP contribution in [0.4, 0.5) is 5.69 Å². The lowest BCUT2D eigenvalue weighted by Gasteiger charge is -2.25. The van der Waals surface area contributed by atoms with E-state index in [0.29, 0.717) is 40.6 Å². The lowest BCUT2D eigenvalue weighted by molar-refractivity contribution is -0.384. The van der Waals surface area contributed by atoms with Crippen molar-refractivity contribution in [2.24, 2.45) is 0 Å². The van der Waals surface area contributed by atoms with E-state index < -0.39 is 4.92 Å². The number of hydrogen-bond acceptors (Lipinski definition) is 7. The van der Waals surface area contributed by atoms with Crippen LogP contribution in [0, 0.1) is 17.0 Å². The molecule has 8 nitrogen and oxygen atoms in total. The Bertz CT molecular complexity index is 1540. The van der Waals surface area contributed by atoms with Gasteiger partial charge in [0, 0.05) is 36.2 Å². The van der Waals surface area contributed by atoms with Crippen LogP contribution < -0.4 is 5.56 Å². The van der Waals surface area contributed by atoms with Gasteiger partial charge in [0.2, 0.25) is 5.91 Å². The summed E-state index contributed by atoms with van der Waals surface area (Å²) < 4.78 is 1.66. The Morgan fingerprint density at radius 3 is 2.77 bits per heavy atom. The number of carbonyl (C=O) groups is 1. The van der Waals surface area contributed by atoms with E-state index in [-0.39, 0.29) is 17.2 Å². The monoisotopic (exact) mass is 506 g/mol. The number of aromatic nitrogens is 2. The zero-order valence-electron chi connectivity index (χ0n) is 19.2. The number of nitro groups is 1. The Balaban J connectivity index is 1.63. The summed E-state index contributed by atoms with van der Waals surface area (Å²) in [4.78, 5) is 45.0. The molecule has 2 aromatic heterocycles. The zero-order chi connectivity index (χ0) is 24.7. The van der Waals surface area contributed by atoms with Crippen molar-refractivity contribution >= 4 is 44.9 Å². The molecule has 35 heavy (non-hydrogen) atoms. The summed E-state index contributed by atoms with van der Waals surface area (Å²) in [5.74, 6) is 0.445. The quantitative estimate of drug-likeness (QED) is 0.166. The summed E-state index contributed by atoms with van der Waals surface area (Å²) in [5, 5.41) is 12.3. The van der Waals surface area contributed by atoms with Gasteiger partial charge in [0.1, 0.15) is 4.83 Å². The van der Waals surface area contributed by atoms with Crippen LogP contribution in [-0.4, -0.2) is 31.8 Å². The van der Waals surface area contributed by atoms with Crippen molar-refractivity contribution in [2.75, 3.05) is 6.54 Å². The summed E-state index contributed by atoms with van der Waals surface area (Å²) >= 11 is 2.84. The number of thiophene rings is 1. The molecular formula is C25H22N4O4S2. The predicted octanol–water partition coefficient (Wildman–Crippen LogP) is 4.86. The number of aryl methyl sites for hydroxylation is 1. The first-order valence-corrected chi connectivity index (χ1v) is 12.9. The van der Waals surface area contributed by atoms with Gasteiger partial charge in [0.25, 0.3) is 11.2 Å². The van der Waals surface area contributed by atoms with E-state index in [1.807, 2.05) is 37.3 Å². The number of para-hydroxylation sites is 1. The molecule has 0 saturated carbocycles. The molecule has 0 bridgehead atoms. The van der Waals surface area contributed by atoms with Gasteiger partial charge >= 0.3 is 0 Å². The Hall–Kier alpha value is -3.50. The van der Waals surface area contributed by atoms with E-state index in [4.69, 9.17) is 4.98 Å². The molecule has 178 valence electrons. The summed E-state index contributed by atoms with van der Waals surface area (Å²) in [6.45, 7) is 4.59. The molecule has 3 heterocycles. The van der Waals surface area contributed by atoms with Crippen molar-refractivity contribution in [3.8, 4) is 5.69 Å². The fourth-order valence-electron chi connectivity index (χ4n) is 4.32. The Morgan fingerprint density at radius 1 is 1.23 bits per heavy atom. The molecule has 0 radical (unpaired) electrons. The van der Waals surface area contributed by atoms with Crippen LogP contribution in [0.2, 0.25) is 0 Å². The van der Waals surface area contributed by atoms with Crippen LogP contribution in [0.25, 0.3) is 15.9 Å². The second-order valence-corrected chi connectivity index (χ2v) is 10.4. The van der Waals surface area contributed by atoms with Gasteiger partial charge in [-0.15, -0.1) is 11.3 Å². The van der Waals surface area contributed by atoms with Gasteiger partial charge in [-0.2, -0.15) is 0 Å². The molecule has 0 fully saturated rings. The molecule has 0 atom stereocenters. The number of non-ortho nitro benzene ring substituents is 1. The molecule has 0 spiro atoms. The first-order chi connectivity index (χ1) is 16.8. The predicted molar refractivity (Wildman–Crippen MR) is 137 cm³/mol. The smallest absolute Gasteiger partial charge is 0.269 e. The van der Waals surface area contributed by atoms with Crippen molar-refractivity contribution in [2.45, 2.75) is 37.7 Å². The molecule has 0 aliphatic carbocycles. The van der Waals surface area contributed by atoms with E-state index in [9.17, 15) is 19.7 Å². The van der Waals surface area contributed by atoms with Crippen LogP contribution in [0.15, 0.2) is 58.5 Å². The lowest BCUT2D eigenvalue weighted by Crippen LogP contribution is -2.34. The maximum absolute atomic E-state index is 14.0. The average Bonchev–Trinajstić information content (AvgIpc) is 3.21. The number of fused-ring (bicyclic) bond motifs is 3. The van der Waals surface area contributed by atoms with E-state index in [2.05, 4.69) is 0 Å². The van der Waals surface area contributed by atoms with Crippen LogP contribution in [0.5, 0.6) is 0 Å². The highest BCUT2D eigenvalue weighted by Crippen LogP contribution is 2.35. The third-order valence-electron chi connectivity index (χ3n) is 6.13. The minimum atomic E-state index is -0.414. The van der Waals surface area contributed by atoms with E-state index in [0.717, 1.165) is 27.3 Å². The largest absolute Gasteiger partial charge is 0.337 e. The second-order valence-electron chi connectivity index (χ2n) is 8.41. The van der Waals surface area contributed by atoms with Gasteiger partial charge in [0.15, 0.2) is 5.16 Å². The fourth-order valence-corrected chi connectivity index (χ4v) is 6.55. The normalized spacial score (nSPS) is 13.1. The maximum Gasteiger partial charge on any atom is 0.269 e. The van der Waals surface area contributed by atoms with Gasteiger partial charge in [-0.05, 0) is 36.1 Å². The summed E-state index contributed by atoms with van der Waals surface area (Å²) in [5.41, 5.74) is 3.37. The number of nitrogens with zero attached hydrogens (tertiary/aromatic N) is 4. The number of rotatable bonds is 5. The lowest BCUT2D eigenvalue weighted by atomic mass is 10.1. The van der Waals surface area contributed by atoms with Gasteiger partial charge in [-0.25, -0.2) is 4.98 Å². The number of carbonyl (C=O) groups excluding carboxylic acids is 1. The SMILES string of the molecule is CC(=O)N1CCc2c(sc3nc(SCc4cccc([N+](=O)[O-])c4)n(-c4ccccc4C)c(=O)c23)C1. The summed E-state index contributed by atoms with van der Waals surface area (Å²) in [6, 6.07) is 14.2. The molecule has 1 aliphatic heterocycles. The third-order valence-corrected chi connectivity index (χ3v) is 8.26. The van der Waals surface area contributed by atoms with Gasteiger partial charge in [-0.3, -0.25) is 24.3 Å². The molecule has 0 saturated heterocycles. The van der Waals surface area contributed by atoms with Crippen LogP contribution in [0.1, 0.15) is 28.5 Å². The van der Waals surface area contributed by atoms with Gasteiger partial charge < -0.3 is 4.90 Å². The molecule has 0 N–H and O–H groups in total. The third kappa shape index (κ3) is 4.35. The van der Waals surface area contributed by atoms with Crippen molar-refractivity contribution < 1.29 is 9.72 Å². The molecule has 0 unspecified atom stereocenters. The average molecular weight is 507 g/mol. The molecule has 2 aromatic carbocycles. The number of benzene rings is 2. The second kappa shape index (κ2) is 9.27. The maximum atomic E-state index is 14.0. The van der Waals surface area contributed by atoms with Crippen LogP contribution in [0.3, 0.4) is 0 Å². The number of thioether (sulfide) groups is 1. The first kappa shape index (κ1) is 23.3. The van der Waals surface area contributed by atoms with Crippen LogP contribution >= 0.6 is 23.1 Å². The highest BCUT2D eigenvalue weighted by molar-refractivity contribution is 7.98. The molecule has 10 heteroatoms. The van der Waals surface area contributed by atoms with Crippen molar-refractivity contribution in [3.63, 3.8) is 0 Å². The first-order valence-electron chi connectivity index (χ1n) is 11.1. The van der Waals surface area contributed by atoms with E-state index >= 15 is 0 Å². The molecule has 1 aliphatic rings. The number of nitro benzene ring substituents is 1. The highest BCUT2D eigenvalue weighted by Gasteiger charge is 2.27. The Morgan fingerprint density at radius 2 is 2.03 bits per heavy atom. The minimum absolute atomic E-state index is 0.0200. The van der Waals surface area contributed by atoms with Crippen molar-refractivity contribution in [1.29, 1.82) is 0 Å². The van der Waals surface area contributed by atoms with Crippen LogP contribution in [-0.2, 0) is 23.5 Å². The zero-order valence-corrected chi connectivity index (χ0v) is 20.8. The van der Waals surface area contributed by atoms with E-state index in [1.165, 1.54) is 29.2 Å². The fraction of sp³-hybridized carbons (Fsp3) is 0.240. The van der Waals surface area contributed by atoms with Gasteiger partial charge in [0.05, 0.1) is 22.5 Å². The standard InChI is InChI=1S/C25H22N4O4S2/c1-15-6-3-4-9-20(15)28-24(31)22-19-10-11-27(16(2)30)13-21(19)35-23(22)26-25(28)34-14-17-7-5-8-18(12-17)29(32)33/h3-9,12H,10-11,13-14H2,1-2H3. The summed E-state index contributed by atoms with van der Waals surface area (Å²) in [6.07, 6.45) is 0.625. The number of hydrogen-bond donors (Lipinski definition) is 0. The molecular weight excluding hydrogens is 484 g/mol. The molecule has 5 rings (SSSR count). The van der Waals surface area contributed by atoms with Crippen molar-refractivity contribution in [3.05, 3.63) is 90.6 Å². The van der Waals surface area contributed by atoms with E-state index in [1.54, 1.807) is 28.5 Å². The number of amides is 1. The Labute approximate surface area is 209 Å². The molecule has 4 aromatic rings. The van der Waals surface area contributed by atoms with Crippen molar-refractivity contribution in [1.82, 2.24) is 14.5 Å². The topological polar surface area (TPSA) is 98.3 Å². The highest BCUT2D eigenvalue weighted by atomic mass is 32.2. The molecule has 1 amide bonds.